The van der Waals surface area contributed by atoms with Crippen molar-refractivity contribution in [2.45, 2.75) is 11.5 Å². The van der Waals surface area contributed by atoms with E-state index in [0.29, 0.717) is 12.3 Å². The Kier molecular flexibility index (Phi) is 3.04. The average molecular weight is 272 g/mol. The van der Waals surface area contributed by atoms with Crippen LogP contribution in [0.25, 0.3) is 0 Å². The molecule has 0 saturated carbocycles. The lowest BCUT2D eigenvalue weighted by atomic mass is 9.86. The van der Waals surface area contributed by atoms with Gasteiger partial charge in [0.1, 0.15) is 0 Å². The molecule has 1 radical (unpaired) electrons. The molecule has 1 heterocycles. The summed E-state index contributed by atoms with van der Waals surface area (Å²) < 4.78 is 32.3. The van der Waals surface area contributed by atoms with Crippen LogP contribution in [-0.4, -0.2) is 15.9 Å². The van der Waals surface area contributed by atoms with E-state index in [1.54, 1.807) is 43.9 Å². The van der Waals surface area contributed by atoms with Gasteiger partial charge >= 0.3 is 7.48 Å². The Morgan fingerprint density at radius 1 is 1.05 bits per heavy atom. The number of hydrogen-bond acceptors (Lipinski definition) is 3. The second-order valence-electron chi connectivity index (χ2n) is 4.23. The largest absolute Gasteiger partial charge is 0.430 e. The zero-order valence-electron chi connectivity index (χ0n) is 10.0. The van der Waals surface area contributed by atoms with E-state index < -0.39 is 10.0 Å². The van der Waals surface area contributed by atoms with E-state index in [0.717, 1.165) is 11.0 Å². The third kappa shape index (κ3) is 2.37. The first kappa shape index (κ1) is 12.3. The standard InChI is InChI=1S/C13H11BNO3S/c16-19(17,11-6-2-1-3-7-11)15-12-8-4-5-10-9-18-14-13(10)12/h1-8,15H,9H2. The third-order valence-electron chi connectivity index (χ3n) is 2.93. The quantitative estimate of drug-likeness (QED) is 0.856. The third-order valence-corrected chi connectivity index (χ3v) is 4.32. The predicted molar refractivity (Wildman–Crippen MR) is 73.9 cm³/mol. The number of sulfonamides is 1. The highest BCUT2D eigenvalue weighted by Crippen LogP contribution is 2.17. The SMILES string of the molecule is O=S(=O)(Nc1cccc2c1[B]OC2)c1ccccc1. The molecule has 0 unspecified atom stereocenters. The van der Waals surface area contributed by atoms with Crippen LogP contribution < -0.4 is 10.2 Å². The molecule has 95 valence electrons. The average Bonchev–Trinajstić information content (AvgIpc) is 2.89. The molecule has 0 spiro atoms. The molecule has 0 bridgehead atoms. The molecule has 0 atom stereocenters. The van der Waals surface area contributed by atoms with Gasteiger partial charge in [-0.05, 0) is 29.2 Å². The highest BCUT2D eigenvalue weighted by Gasteiger charge is 2.21. The van der Waals surface area contributed by atoms with E-state index in [1.165, 1.54) is 0 Å². The summed E-state index contributed by atoms with van der Waals surface area (Å²) >= 11 is 0. The van der Waals surface area contributed by atoms with E-state index in [-0.39, 0.29) is 4.90 Å². The normalized spacial score (nSPS) is 13.7. The Bertz CT molecular complexity index is 701. The van der Waals surface area contributed by atoms with Gasteiger partial charge in [-0.1, -0.05) is 30.3 Å². The minimum Gasteiger partial charge on any atom is -0.430 e. The van der Waals surface area contributed by atoms with Crippen LogP contribution in [0.2, 0.25) is 0 Å². The van der Waals surface area contributed by atoms with E-state index in [9.17, 15) is 8.42 Å². The number of nitrogens with one attached hydrogen (secondary N) is 1. The molecule has 0 aliphatic carbocycles. The van der Waals surface area contributed by atoms with Gasteiger partial charge in [-0.15, -0.1) is 0 Å². The van der Waals surface area contributed by atoms with Crippen molar-refractivity contribution in [1.29, 1.82) is 0 Å². The molecule has 3 rings (SSSR count). The number of rotatable bonds is 3. The Balaban J connectivity index is 1.96. The van der Waals surface area contributed by atoms with Gasteiger partial charge < -0.3 is 4.65 Å². The number of benzene rings is 2. The zero-order chi connectivity index (χ0) is 13.3. The number of anilines is 1. The fourth-order valence-electron chi connectivity index (χ4n) is 1.99. The van der Waals surface area contributed by atoms with E-state index in [4.69, 9.17) is 4.65 Å². The summed E-state index contributed by atoms with van der Waals surface area (Å²) in [5, 5.41) is 0. The van der Waals surface area contributed by atoms with Crippen LogP contribution in [0.3, 0.4) is 0 Å². The molecule has 1 aliphatic heterocycles. The molecule has 4 nitrogen and oxygen atoms in total. The second-order valence-corrected chi connectivity index (χ2v) is 5.91. The van der Waals surface area contributed by atoms with Gasteiger partial charge in [0.25, 0.3) is 10.0 Å². The Hall–Kier alpha value is -1.79. The van der Waals surface area contributed by atoms with Crippen LogP contribution in [0.5, 0.6) is 0 Å². The van der Waals surface area contributed by atoms with Crippen LogP contribution in [-0.2, 0) is 21.3 Å². The monoisotopic (exact) mass is 272 g/mol. The van der Waals surface area contributed by atoms with E-state index >= 15 is 0 Å². The van der Waals surface area contributed by atoms with Crippen LogP contribution in [0.1, 0.15) is 5.56 Å². The van der Waals surface area contributed by atoms with Crippen LogP contribution in [0, 0.1) is 0 Å². The first-order chi connectivity index (χ1) is 9.17. The van der Waals surface area contributed by atoms with Crippen molar-refractivity contribution < 1.29 is 13.1 Å². The Morgan fingerprint density at radius 2 is 1.84 bits per heavy atom. The Morgan fingerprint density at radius 3 is 2.63 bits per heavy atom. The van der Waals surface area contributed by atoms with Crippen molar-refractivity contribution in [2.24, 2.45) is 0 Å². The first-order valence-electron chi connectivity index (χ1n) is 5.81. The lowest BCUT2D eigenvalue weighted by Gasteiger charge is -2.11. The van der Waals surface area contributed by atoms with Crippen LogP contribution in [0.15, 0.2) is 53.4 Å². The van der Waals surface area contributed by atoms with Crippen LogP contribution >= 0.6 is 0 Å². The predicted octanol–water partition coefficient (Wildman–Crippen LogP) is 1.26. The second kappa shape index (κ2) is 4.72. The minimum absolute atomic E-state index is 0.242. The van der Waals surface area contributed by atoms with Gasteiger partial charge in [-0.25, -0.2) is 8.42 Å². The summed E-state index contributed by atoms with van der Waals surface area (Å²) in [5.41, 5.74) is 2.31. The molecule has 1 N–H and O–H groups in total. The maximum absolute atomic E-state index is 12.2. The summed E-state index contributed by atoms with van der Waals surface area (Å²) in [6, 6.07) is 13.7. The van der Waals surface area contributed by atoms with Crippen molar-refractivity contribution in [1.82, 2.24) is 0 Å². The van der Waals surface area contributed by atoms with Crippen LogP contribution in [0.4, 0.5) is 5.69 Å². The fourth-order valence-corrected chi connectivity index (χ4v) is 3.09. The highest BCUT2D eigenvalue weighted by molar-refractivity contribution is 7.92. The molecule has 0 aromatic heterocycles. The zero-order valence-corrected chi connectivity index (χ0v) is 10.9. The summed E-state index contributed by atoms with van der Waals surface area (Å²) in [7, 11) is -1.98. The lowest BCUT2D eigenvalue weighted by Crippen LogP contribution is -2.22. The molecule has 0 saturated heterocycles. The molecule has 2 aromatic carbocycles. The maximum Gasteiger partial charge on any atom is 0.333 e. The van der Waals surface area contributed by atoms with Crippen molar-refractivity contribution in [2.75, 3.05) is 4.72 Å². The van der Waals surface area contributed by atoms with Gasteiger partial charge in [0, 0.05) is 5.69 Å². The first-order valence-corrected chi connectivity index (χ1v) is 7.30. The van der Waals surface area contributed by atoms with Gasteiger partial charge in [0.05, 0.1) is 11.5 Å². The van der Waals surface area contributed by atoms with Gasteiger partial charge in [0.2, 0.25) is 0 Å². The fraction of sp³-hybridized carbons (Fsp3) is 0.0769. The van der Waals surface area contributed by atoms with Crippen molar-refractivity contribution in [3.63, 3.8) is 0 Å². The maximum atomic E-state index is 12.2. The number of hydrogen-bond donors (Lipinski definition) is 1. The summed E-state index contributed by atoms with van der Waals surface area (Å²) in [6.07, 6.45) is 0. The summed E-state index contributed by atoms with van der Waals surface area (Å²) in [6.45, 7) is 0.482. The molecule has 2 aromatic rings. The van der Waals surface area contributed by atoms with Crippen molar-refractivity contribution in [3.05, 3.63) is 54.1 Å². The van der Waals surface area contributed by atoms with Crippen molar-refractivity contribution >= 4 is 28.7 Å². The molecule has 6 heteroatoms. The molecule has 0 fully saturated rings. The molecular formula is C13H11BNO3S. The minimum atomic E-state index is -3.56. The van der Waals surface area contributed by atoms with Gasteiger partial charge in [-0.3, -0.25) is 4.72 Å². The van der Waals surface area contributed by atoms with E-state index in [2.05, 4.69) is 4.72 Å². The number of fused-ring (bicyclic) bond motifs is 1. The van der Waals surface area contributed by atoms with Crippen molar-refractivity contribution in [3.8, 4) is 0 Å². The highest BCUT2D eigenvalue weighted by atomic mass is 32.2. The van der Waals surface area contributed by atoms with E-state index in [1.807, 2.05) is 12.1 Å². The molecule has 19 heavy (non-hydrogen) atoms. The summed E-state index contributed by atoms with van der Waals surface area (Å²) in [4.78, 5) is 0.242. The molecule has 1 aliphatic rings. The lowest BCUT2D eigenvalue weighted by molar-refractivity contribution is 0.345. The van der Waals surface area contributed by atoms with Gasteiger partial charge in [0.15, 0.2) is 0 Å². The smallest absolute Gasteiger partial charge is 0.333 e. The molecular weight excluding hydrogens is 261 g/mol. The van der Waals surface area contributed by atoms with Gasteiger partial charge in [-0.2, -0.15) is 0 Å². The molecule has 0 amide bonds. The topological polar surface area (TPSA) is 55.4 Å². The Labute approximate surface area is 112 Å². The summed E-state index contributed by atoms with van der Waals surface area (Å²) in [5.74, 6) is 0.